The molecule has 3 rings (SSSR count). The molecule has 1 unspecified atom stereocenters. The van der Waals surface area contributed by atoms with Gasteiger partial charge in [-0.1, -0.05) is 32.9 Å². The Morgan fingerprint density at radius 2 is 1.83 bits per heavy atom. The summed E-state index contributed by atoms with van der Waals surface area (Å²) >= 11 is 0. The number of carbonyl (C=O) groups is 1. The maximum atomic E-state index is 12.9. The maximum absolute atomic E-state index is 12.9. The summed E-state index contributed by atoms with van der Waals surface area (Å²) in [6.07, 6.45) is 0.253. The number of carboxylic acids is 1. The number of aryl methyl sites for hydroxylation is 1. The van der Waals surface area contributed by atoms with Crippen LogP contribution in [0.5, 0.6) is 17.2 Å². The zero-order valence-electron chi connectivity index (χ0n) is 17.1. The monoisotopic (exact) mass is 396 g/mol. The van der Waals surface area contributed by atoms with Crippen molar-refractivity contribution in [1.82, 2.24) is 0 Å². The van der Waals surface area contributed by atoms with E-state index in [0.29, 0.717) is 16.9 Å². The number of aliphatic carboxylic acids is 1. The lowest BCUT2D eigenvalue weighted by Crippen LogP contribution is -2.22. The first-order valence-corrected chi connectivity index (χ1v) is 9.30. The fraction of sp³-hybridized carbons (Fsp3) is 0.304. The summed E-state index contributed by atoms with van der Waals surface area (Å²) in [5.41, 5.74) is 1.82. The third kappa shape index (κ3) is 4.42. The molecule has 0 amide bonds. The smallest absolute Gasteiger partial charge is 0.344 e. The van der Waals surface area contributed by atoms with Crippen LogP contribution in [0.4, 0.5) is 0 Å². The largest absolute Gasteiger partial charge is 0.479 e. The van der Waals surface area contributed by atoms with Gasteiger partial charge in [0.05, 0.1) is 5.39 Å². The number of hydrogen-bond donors (Lipinski definition) is 1. The lowest BCUT2D eigenvalue weighted by molar-refractivity contribution is -0.144. The number of hydrogen-bond acceptors (Lipinski definition) is 5. The van der Waals surface area contributed by atoms with Crippen molar-refractivity contribution >= 4 is 16.9 Å². The second-order valence-corrected chi connectivity index (χ2v) is 8.04. The van der Waals surface area contributed by atoms with Crippen molar-refractivity contribution in [2.45, 2.75) is 46.1 Å². The topological polar surface area (TPSA) is 86.0 Å². The molecule has 3 aromatic rings. The van der Waals surface area contributed by atoms with Crippen LogP contribution in [0.1, 0.15) is 38.8 Å². The zero-order chi connectivity index (χ0) is 21.3. The highest BCUT2D eigenvalue weighted by atomic mass is 16.5. The summed E-state index contributed by atoms with van der Waals surface area (Å²) < 4.78 is 16.9. The highest BCUT2D eigenvalue weighted by Gasteiger charge is 2.21. The van der Waals surface area contributed by atoms with Crippen molar-refractivity contribution in [3.8, 4) is 17.2 Å². The van der Waals surface area contributed by atoms with E-state index in [1.54, 1.807) is 6.07 Å². The van der Waals surface area contributed by atoms with Crippen LogP contribution in [0.3, 0.4) is 0 Å². The van der Waals surface area contributed by atoms with Gasteiger partial charge in [0.15, 0.2) is 6.10 Å². The molecule has 6 nitrogen and oxygen atoms in total. The van der Waals surface area contributed by atoms with Crippen molar-refractivity contribution in [2.24, 2.45) is 0 Å². The van der Waals surface area contributed by atoms with Gasteiger partial charge in [0.25, 0.3) is 0 Å². The summed E-state index contributed by atoms with van der Waals surface area (Å²) in [4.78, 5) is 23.8. The van der Waals surface area contributed by atoms with E-state index >= 15 is 0 Å². The first kappa shape index (κ1) is 20.5. The summed E-state index contributed by atoms with van der Waals surface area (Å²) in [5.74, 6) is -0.0819. The van der Waals surface area contributed by atoms with E-state index in [9.17, 15) is 9.59 Å². The van der Waals surface area contributed by atoms with Gasteiger partial charge >= 0.3 is 5.97 Å². The zero-order valence-corrected chi connectivity index (χ0v) is 17.1. The molecule has 2 aromatic carbocycles. The van der Waals surface area contributed by atoms with Crippen molar-refractivity contribution in [2.75, 3.05) is 0 Å². The van der Waals surface area contributed by atoms with Crippen LogP contribution >= 0.6 is 0 Å². The molecule has 152 valence electrons. The second-order valence-electron chi connectivity index (χ2n) is 8.04. The molecule has 1 heterocycles. The van der Waals surface area contributed by atoms with Crippen LogP contribution in [0.2, 0.25) is 0 Å². The van der Waals surface area contributed by atoms with E-state index in [1.807, 2.05) is 25.1 Å². The van der Waals surface area contributed by atoms with Crippen LogP contribution < -0.4 is 14.9 Å². The summed E-state index contributed by atoms with van der Waals surface area (Å²) in [7, 11) is 0. The van der Waals surface area contributed by atoms with Gasteiger partial charge in [-0.05, 0) is 43.0 Å². The Hall–Kier alpha value is -3.28. The molecule has 0 saturated heterocycles. The Bertz CT molecular complexity index is 1120. The lowest BCUT2D eigenvalue weighted by Gasteiger charge is -2.23. The minimum absolute atomic E-state index is 0.0844. The molecule has 0 aliphatic heterocycles. The molecule has 1 N–H and O–H groups in total. The van der Waals surface area contributed by atoms with Gasteiger partial charge in [-0.25, -0.2) is 4.79 Å². The highest BCUT2D eigenvalue weighted by Crippen LogP contribution is 2.34. The molecule has 6 heteroatoms. The van der Waals surface area contributed by atoms with Crippen molar-refractivity contribution in [1.29, 1.82) is 0 Å². The first-order chi connectivity index (χ1) is 13.6. The van der Waals surface area contributed by atoms with E-state index in [-0.39, 0.29) is 22.2 Å². The predicted octanol–water partition coefficient (Wildman–Crippen LogP) is 5.04. The van der Waals surface area contributed by atoms with Gasteiger partial charge < -0.3 is 19.0 Å². The number of fused-ring (bicyclic) bond motifs is 1. The van der Waals surface area contributed by atoms with Crippen LogP contribution in [0.15, 0.2) is 51.9 Å². The van der Waals surface area contributed by atoms with E-state index < -0.39 is 12.1 Å². The van der Waals surface area contributed by atoms with Crippen LogP contribution in [-0.4, -0.2) is 17.2 Å². The summed E-state index contributed by atoms with van der Waals surface area (Å²) in [6.45, 7) is 9.61. The lowest BCUT2D eigenvalue weighted by atomic mass is 9.86. The third-order valence-electron chi connectivity index (χ3n) is 4.54. The number of carboxylic acid groups (broad SMARTS) is 1. The normalized spacial score (nSPS) is 12.6. The predicted molar refractivity (Wildman–Crippen MR) is 110 cm³/mol. The summed E-state index contributed by atoms with van der Waals surface area (Å²) in [5, 5.41) is 9.28. The molecule has 0 saturated carbocycles. The molecule has 0 aliphatic carbocycles. The maximum Gasteiger partial charge on any atom is 0.344 e. The van der Waals surface area contributed by atoms with Gasteiger partial charge in [0.1, 0.15) is 23.3 Å². The minimum atomic E-state index is -1.08. The van der Waals surface area contributed by atoms with E-state index in [2.05, 4.69) is 20.8 Å². The molecule has 29 heavy (non-hydrogen) atoms. The molecule has 1 atom stereocenters. The van der Waals surface area contributed by atoms with Crippen LogP contribution in [0, 0.1) is 6.92 Å². The van der Waals surface area contributed by atoms with E-state index in [1.165, 1.54) is 25.3 Å². The molecule has 0 spiro atoms. The molecule has 0 aliphatic rings. The molecule has 0 fully saturated rings. The SMILES string of the molecule is Cc1ccc(C(C)(C)C)c(Oc2coc3cc(OC(C)C(=O)O)ccc3c2=O)c1. The number of rotatable bonds is 5. The Morgan fingerprint density at radius 3 is 2.48 bits per heavy atom. The Labute approximate surface area is 168 Å². The van der Waals surface area contributed by atoms with E-state index in [4.69, 9.17) is 19.0 Å². The molecule has 0 radical (unpaired) electrons. The fourth-order valence-corrected chi connectivity index (χ4v) is 2.94. The molecular formula is C23H24O6. The standard InChI is InChI=1S/C23H24O6/c1-13-6-9-17(23(3,4)5)19(10-13)29-20-12-27-18-11-15(28-14(2)22(25)26)7-8-16(18)21(20)24/h6-12,14H,1-5H3,(H,25,26). The molecule has 1 aromatic heterocycles. The van der Waals surface area contributed by atoms with E-state index in [0.717, 1.165) is 11.1 Å². The number of ether oxygens (including phenoxy) is 2. The van der Waals surface area contributed by atoms with Crippen molar-refractivity contribution in [3.63, 3.8) is 0 Å². The average molecular weight is 396 g/mol. The van der Waals surface area contributed by atoms with Crippen LogP contribution in [-0.2, 0) is 10.2 Å². The summed E-state index contributed by atoms with van der Waals surface area (Å²) in [6, 6.07) is 10.5. The second kappa shape index (κ2) is 7.62. The van der Waals surface area contributed by atoms with Crippen LogP contribution in [0.25, 0.3) is 11.0 Å². The molecular weight excluding hydrogens is 372 g/mol. The Morgan fingerprint density at radius 1 is 1.10 bits per heavy atom. The van der Waals surface area contributed by atoms with Gasteiger partial charge in [0, 0.05) is 11.6 Å². The minimum Gasteiger partial charge on any atom is -0.479 e. The van der Waals surface area contributed by atoms with Gasteiger partial charge in [0.2, 0.25) is 11.2 Å². The molecule has 0 bridgehead atoms. The quantitative estimate of drug-likeness (QED) is 0.650. The first-order valence-electron chi connectivity index (χ1n) is 9.30. The van der Waals surface area contributed by atoms with Gasteiger partial charge in [-0.15, -0.1) is 0 Å². The highest BCUT2D eigenvalue weighted by molar-refractivity contribution is 5.79. The van der Waals surface area contributed by atoms with Crippen molar-refractivity contribution in [3.05, 3.63) is 64.0 Å². The van der Waals surface area contributed by atoms with Gasteiger partial charge in [-0.2, -0.15) is 0 Å². The Kier molecular flexibility index (Phi) is 5.38. The third-order valence-corrected chi connectivity index (χ3v) is 4.54. The van der Waals surface area contributed by atoms with Gasteiger partial charge in [-0.3, -0.25) is 4.79 Å². The van der Waals surface area contributed by atoms with Crippen molar-refractivity contribution < 1.29 is 23.8 Å². The number of benzene rings is 2. The average Bonchev–Trinajstić information content (AvgIpc) is 2.63. The Balaban J connectivity index is 1.99. The fourth-order valence-electron chi connectivity index (χ4n) is 2.94.